The van der Waals surface area contributed by atoms with E-state index in [0.29, 0.717) is 0 Å². The third kappa shape index (κ3) is 2.88. The first-order valence-electron chi connectivity index (χ1n) is 5.10. The summed E-state index contributed by atoms with van der Waals surface area (Å²) in [4.78, 5) is 39.2. The van der Waals surface area contributed by atoms with Crippen LogP contribution in [-0.4, -0.2) is 42.7 Å². The number of hydrogen-bond acceptors (Lipinski definition) is 6. The van der Waals surface area contributed by atoms with E-state index < -0.39 is 44.7 Å². The smallest absolute Gasteiger partial charge is 0.338 e. The van der Waals surface area contributed by atoms with Gasteiger partial charge in [-0.25, -0.2) is 4.79 Å². The average Bonchev–Trinajstić information content (AvgIpc) is 2.43. The van der Waals surface area contributed by atoms with Crippen molar-refractivity contribution in [1.82, 2.24) is 5.06 Å². The highest BCUT2D eigenvalue weighted by Crippen LogP contribution is 2.23. The van der Waals surface area contributed by atoms with Gasteiger partial charge in [0.05, 0.1) is 11.8 Å². The van der Waals surface area contributed by atoms with Crippen LogP contribution in [0.15, 0.2) is 0 Å². The molecule has 18 heavy (non-hydrogen) atoms. The molecule has 1 aliphatic heterocycles. The highest BCUT2D eigenvalue weighted by atomic mass is 32.2. The van der Waals surface area contributed by atoms with E-state index in [1.165, 1.54) is 20.8 Å². The van der Waals surface area contributed by atoms with Crippen molar-refractivity contribution in [1.29, 1.82) is 0 Å². The molecule has 0 saturated carbocycles. The third-order valence-electron chi connectivity index (χ3n) is 2.28. The molecule has 0 aromatic heterocycles. The molecule has 0 N–H and O–H groups in total. The van der Waals surface area contributed by atoms with Gasteiger partial charge in [0, 0.05) is 0 Å². The zero-order valence-electron chi connectivity index (χ0n) is 10.3. The number of nitrogens with zero attached hydrogens (tertiary/aromatic N) is 1. The summed E-state index contributed by atoms with van der Waals surface area (Å²) in [5.74, 6) is 0.0897. The Morgan fingerprint density at radius 3 is 2.33 bits per heavy atom. The topological polar surface area (TPSA) is 104 Å². The van der Waals surface area contributed by atoms with Crippen molar-refractivity contribution in [2.24, 2.45) is 5.41 Å². The van der Waals surface area contributed by atoms with Crippen LogP contribution >= 0.6 is 0 Å². The predicted octanol–water partition coefficient (Wildman–Crippen LogP) is -0.535. The monoisotopic (exact) mass is 276 g/mol. The standard InChI is InChI=1S/C10H15NO6S/c1-10(2,3)9(14)17-11-7(12)5-6(8(11)13)18(4,15)16/h6H,4-5H2,1-3H3,(H,15,16)/p-1. The molecule has 2 unspecified atom stereocenters. The van der Waals surface area contributed by atoms with Crippen LogP contribution in [0.25, 0.3) is 0 Å². The number of hydrogen-bond donors (Lipinski definition) is 0. The molecule has 1 rings (SSSR count). The Morgan fingerprint density at radius 1 is 1.50 bits per heavy atom. The van der Waals surface area contributed by atoms with Gasteiger partial charge in [0.15, 0.2) is 0 Å². The van der Waals surface area contributed by atoms with Gasteiger partial charge in [-0.3, -0.25) is 13.8 Å². The lowest BCUT2D eigenvalue weighted by Gasteiger charge is -2.22. The average molecular weight is 276 g/mol. The molecule has 2 amide bonds. The largest absolute Gasteiger partial charge is 0.777 e. The number of imide groups is 1. The van der Waals surface area contributed by atoms with Crippen molar-refractivity contribution in [3.63, 3.8) is 0 Å². The van der Waals surface area contributed by atoms with E-state index in [4.69, 9.17) is 0 Å². The normalized spacial score (nSPS) is 24.0. The lowest BCUT2D eigenvalue weighted by Crippen LogP contribution is -2.39. The zero-order valence-corrected chi connectivity index (χ0v) is 11.1. The second-order valence-corrected chi connectivity index (χ2v) is 6.91. The summed E-state index contributed by atoms with van der Waals surface area (Å²) >= 11 is 0. The van der Waals surface area contributed by atoms with Crippen LogP contribution in [0, 0.1) is 5.41 Å². The highest BCUT2D eigenvalue weighted by Gasteiger charge is 2.44. The van der Waals surface area contributed by atoms with Crippen molar-refractivity contribution in [2.45, 2.75) is 32.4 Å². The van der Waals surface area contributed by atoms with E-state index >= 15 is 0 Å². The molecule has 102 valence electrons. The Hall–Kier alpha value is -1.41. The molecule has 0 aliphatic carbocycles. The highest BCUT2D eigenvalue weighted by molar-refractivity contribution is 7.96. The number of rotatable bonds is 2. The summed E-state index contributed by atoms with van der Waals surface area (Å²) in [5, 5.41) is -1.36. The maximum atomic E-state index is 11.6. The van der Waals surface area contributed by atoms with E-state index in [9.17, 15) is 23.1 Å². The summed E-state index contributed by atoms with van der Waals surface area (Å²) in [6.07, 6.45) is -0.553. The summed E-state index contributed by atoms with van der Waals surface area (Å²) in [6.45, 7) is 4.61. The van der Waals surface area contributed by atoms with E-state index in [1.54, 1.807) is 0 Å². The second-order valence-electron chi connectivity index (χ2n) is 5.01. The van der Waals surface area contributed by atoms with Gasteiger partial charge in [-0.2, -0.15) is 0 Å². The maximum Gasteiger partial charge on any atom is 0.338 e. The lowest BCUT2D eigenvalue weighted by molar-refractivity contribution is -0.203. The van der Waals surface area contributed by atoms with Crippen molar-refractivity contribution < 1.29 is 28.0 Å². The molecule has 1 aliphatic rings. The fraction of sp³-hybridized carbons (Fsp3) is 0.600. The van der Waals surface area contributed by atoms with Crippen LogP contribution in [0.3, 0.4) is 0 Å². The quantitative estimate of drug-likeness (QED) is 0.496. The minimum absolute atomic E-state index is 0.209. The fourth-order valence-electron chi connectivity index (χ4n) is 1.18. The number of carbonyl (C=O) groups excluding carboxylic acids is 3. The van der Waals surface area contributed by atoms with Crippen molar-refractivity contribution >= 4 is 33.5 Å². The Labute approximate surface area is 105 Å². The molecule has 0 bridgehead atoms. The van der Waals surface area contributed by atoms with Crippen LogP contribution in [0.5, 0.6) is 0 Å². The van der Waals surface area contributed by atoms with Crippen LogP contribution in [-0.2, 0) is 29.0 Å². The van der Waals surface area contributed by atoms with Gasteiger partial charge in [0.1, 0.15) is 5.25 Å². The van der Waals surface area contributed by atoms with E-state index in [-0.39, 0.29) is 5.06 Å². The Balaban J connectivity index is 2.91. The van der Waals surface area contributed by atoms with Gasteiger partial charge < -0.3 is 9.39 Å². The summed E-state index contributed by atoms with van der Waals surface area (Å²) in [7, 11) is -3.94. The summed E-state index contributed by atoms with van der Waals surface area (Å²) < 4.78 is 22.3. The molecule has 0 radical (unpaired) electrons. The Morgan fingerprint density at radius 2 is 2.00 bits per heavy atom. The van der Waals surface area contributed by atoms with Gasteiger partial charge in [0.2, 0.25) is 0 Å². The molecule has 2 atom stereocenters. The zero-order chi connectivity index (χ0) is 14.3. The van der Waals surface area contributed by atoms with E-state index in [0.717, 1.165) is 0 Å². The molecule has 7 nitrogen and oxygen atoms in total. The van der Waals surface area contributed by atoms with Gasteiger partial charge in [-0.15, -0.1) is 5.06 Å². The van der Waals surface area contributed by atoms with Crippen molar-refractivity contribution in [3.05, 3.63) is 0 Å². The third-order valence-corrected chi connectivity index (χ3v) is 3.52. The maximum absolute atomic E-state index is 11.6. The molecule has 0 aromatic rings. The number of hydroxylamine groups is 2. The Bertz CT molecular complexity index is 501. The predicted molar refractivity (Wildman–Crippen MR) is 61.8 cm³/mol. The molecular formula is C10H14NO6S-. The van der Waals surface area contributed by atoms with Crippen LogP contribution in [0.2, 0.25) is 0 Å². The van der Waals surface area contributed by atoms with Gasteiger partial charge in [0.25, 0.3) is 11.8 Å². The SMILES string of the molecule is C=S(=O)([O-])C1CC(=O)N(OC(=O)C(C)(C)C)C1=O. The molecular weight excluding hydrogens is 262 g/mol. The molecule has 1 saturated heterocycles. The first kappa shape index (κ1) is 14.7. The van der Waals surface area contributed by atoms with Gasteiger partial charge in [-0.05, 0) is 20.8 Å². The second kappa shape index (κ2) is 4.36. The van der Waals surface area contributed by atoms with Crippen LogP contribution in [0.4, 0.5) is 0 Å². The fourth-order valence-corrected chi connectivity index (χ4v) is 1.98. The summed E-state index contributed by atoms with van der Waals surface area (Å²) in [5.41, 5.74) is -0.915. The minimum Gasteiger partial charge on any atom is -0.777 e. The van der Waals surface area contributed by atoms with Crippen molar-refractivity contribution in [2.75, 3.05) is 0 Å². The Kier molecular flexibility index (Phi) is 3.55. The summed E-state index contributed by atoms with van der Waals surface area (Å²) in [6, 6.07) is 0. The first-order valence-corrected chi connectivity index (χ1v) is 6.82. The van der Waals surface area contributed by atoms with Crippen molar-refractivity contribution in [3.8, 4) is 0 Å². The molecule has 8 heteroatoms. The van der Waals surface area contributed by atoms with Crippen LogP contribution < -0.4 is 0 Å². The minimum atomic E-state index is -3.94. The number of carbonyl (C=O) groups is 3. The van der Waals surface area contributed by atoms with Gasteiger partial charge >= 0.3 is 5.97 Å². The molecule has 0 aromatic carbocycles. The first-order chi connectivity index (χ1) is 7.94. The van der Waals surface area contributed by atoms with Gasteiger partial charge in [-0.1, -0.05) is 15.7 Å². The molecule has 0 spiro atoms. The molecule has 1 heterocycles. The van der Waals surface area contributed by atoms with E-state index in [2.05, 4.69) is 10.7 Å². The van der Waals surface area contributed by atoms with Crippen LogP contribution in [0.1, 0.15) is 27.2 Å². The van der Waals surface area contributed by atoms with E-state index in [1.807, 2.05) is 0 Å². The number of amides is 2. The molecule has 1 fully saturated rings. The lowest BCUT2D eigenvalue weighted by atomic mass is 9.98.